The van der Waals surface area contributed by atoms with E-state index < -0.39 is 0 Å². The maximum Gasteiger partial charge on any atom is 0.0966 e. The van der Waals surface area contributed by atoms with Crippen molar-refractivity contribution in [2.75, 3.05) is 6.54 Å². The zero-order valence-electron chi connectivity index (χ0n) is 8.94. The van der Waals surface area contributed by atoms with Crippen molar-refractivity contribution in [3.05, 3.63) is 29.3 Å². The predicted molar refractivity (Wildman–Crippen MR) is 66.3 cm³/mol. The number of rotatable bonds is 4. The van der Waals surface area contributed by atoms with E-state index in [4.69, 9.17) is 5.73 Å². The van der Waals surface area contributed by atoms with E-state index in [1.165, 1.54) is 9.71 Å². The summed E-state index contributed by atoms with van der Waals surface area (Å²) in [5.41, 5.74) is 6.64. The molecule has 2 nitrogen and oxygen atoms in total. The van der Waals surface area contributed by atoms with Crippen molar-refractivity contribution in [3.8, 4) is 0 Å². The molecule has 1 aromatic heterocycles. The molecule has 0 radical (unpaired) electrons. The summed E-state index contributed by atoms with van der Waals surface area (Å²) in [6, 6.07) is 8.31. The average Bonchev–Trinajstić information content (AvgIpc) is 2.69. The van der Waals surface area contributed by atoms with Crippen LogP contribution in [0.1, 0.15) is 30.7 Å². The Bertz CT molecular complexity index is 403. The van der Waals surface area contributed by atoms with Crippen molar-refractivity contribution in [1.29, 1.82) is 0 Å². The fourth-order valence-electron chi connectivity index (χ4n) is 1.65. The lowest BCUT2D eigenvalue weighted by molar-refractivity contribution is 0.638. The fraction of sp³-hybridized carbons (Fsp3) is 0.417. The highest BCUT2D eigenvalue weighted by atomic mass is 32.1. The first-order chi connectivity index (χ1) is 7.31. The van der Waals surface area contributed by atoms with Gasteiger partial charge in [0.15, 0.2) is 0 Å². The zero-order valence-corrected chi connectivity index (χ0v) is 9.76. The van der Waals surface area contributed by atoms with Crippen molar-refractivity contribution in [2.24, 2.45) is 5.73 Å². The molecule has 0 aliphatic carbocycles. The van der Waals surface area contributed by atoms with Gasteiger partial charge >= 0.3 is 0 Å². The van der Waals surface area contributed by atoms with E-state index in [-0.39, 0.29) is 0 Å². The molecule has 1 unspecified atom stereocenters. The maximum atomic E-state index is 5.51. The van der Waals surface area contributed by atoms with Crippen LogP contribution in [0.4, 0.5) is 0 Å². The maximum absolute atomic E-state index is 5.51. The summed E-state index contributed by atoms with van der Waals surface area (Å²) in [6.45, 7) is 3.00. The van der Waals surface area contributed by atoms with Crippen molar-refractivity contribution < 1.29 is 0 Å². The van der Waals surface area contributed by atoms with Gasteiger partial charge in [-0.25, -0.2) is 4.98 Å². The Kier molecular flexibility index (Phi) is 3.34. The summed E-state index contributed by atoms with van der Waals surface area (Å²) in [4.78, 5) is 4.64. The molecule has 0 fully saturated rings. The van der Waals surface area contributed by atoms with E-state index in [1.807, 2.05) is 6.07 Å². The van der Waals surface area contributed by atoms with Crippen LogP contribution in [0.15, 0.2) is 24.3 Å². The number of thiazole rings is 1. The van der Waals surface area contributed by atoms with E-state index in [0.717, 1.165) is 24.9 Å². The monoisotopic (exact) mass is 220 g/mol. The molecule has 15 heavy (non-hydrogen) atoms. The lowest BCUT2D eigenvalue weighted by Crippen LogP contribution is -2.01. The summed E-state index contributed by atoms with van der Waals surface area (Å²) in [5, 5.41) is 1.24. The molecule has 2 aromatic rings. The number of para-hydroxylation sites is 1. The van der Waals surface area contributed by atoms with Crippen LogP contribution in [0.2, 0.25) is 0 Å². The lowest BCUT2D eigenvalue weighted by Gasteiger charge is -2.05. The third-order valence-corrected chi connectivity index (χ3v) is 3.84. The minimum atomic E-state index is 0.533. The van der Waals surface area contributed by atoms with Crippen LogP contribution < -0.4 is 5.73 Å². The first-order valence-electron chi connectivity index (χ1n) is 5.37. The molecule has 1 aromatic carbocycles. The third-order valence-electron chi connectivity index (χ3n) is 2.57. The second-order valence-corrected chi connectivity index (χ2v) is 4.91. The number of aromatic nitrogens is 1. The summed E-state index contributed by atoms with van der Waals surface area (Å²) in [5.74, 6) is 0.533. The molecular formula is C12H16N2S. The highest BCUT2D eigenvalue weighted by molar-refractivity contribution is 7.18. The van der Waals surface area contributed by atoms with Gasteiger partial charge in [0.1, 0.15) is 0 Å². The van der Waals surface area contributed by atoms with Gasteiger partial charge in [-0.15, -0.1) is 11.3 Å². The molecule has 0 aliphatic rings. The van der Waals surface area contributed by atoms with Crippen LogP contribution >= 0.6 is 11.3 Å². The Hall–Kier alpha value is -0.930. The fourth-order valence-corrected chi connectivity index (χ4v) is 2.70. The van der Waals surface area contributed by atoms with Gasteiger partial charge in [-0.1, -0.05) is 19.1 Å². The van der Waals surface area contributed by atoms with E-state index in [0.29, 0.717) is 5.92 Å². The SMILES string of the molecule is CC(CCCN)c1nc2ccccc2s1. The van der Waals surface area contributed by atoms with Gasteiger partial charge in [-0.2, -0.15) is 0 Å². The van der Waals surface area contributed by atoms with Crippen LogP contribution in [0, 0.1) is 0 Å². The van der Waals surface area contributed by atoms with Gasteiger partial charge in [-0.05, 0) is 31.5 Å². The number of nitrogens with zero attached hydrogens (tertiary/aromatic N) is 1. The molecule has 0 saturated carbocycles. The molecule has 0 bridgehead atoms. The van der Waals surface area contributed by atoms with Gasteiger partial charge in [0.2, 0.25) is 0 Å². The van der Waals surface area contributed by atoms with Crippen molar-refractivity contribution in [1.82, 2.24) is 4.98 Å². The number of hydrogen-bond donors (Lipinski definition) is 1. The van der Waals surface area contributed by atoms with E-state index >= 15 is 0 Å². The highest BCUT2D eigenvalue weighted by Gasteiger charge is 2.10. The molecule has 3 heteroatoms. The molecule has 2 N–H and O–H groups in total. The lowest BCUT2D eigenvalue weighted by atomic mass is 10.1. The number of hydrogen-bond acceptors (Lipinski definition) is 3. The first-order valence-corrected chi connectivity index (χ1v) is 6.18. The summed E-state index contributed by atoms with van der Waals surface area (Å²) in [7, 11) is 0. The Labute approximate surface area is 94.1 Å². The second kappa shape index (κ2) is 4.73. The molecule has 1 heterocycles. The number of benzene rings is 1. The Morgan fingerprint density at radius 3 is 2.93 bits per heavy atom. The van der Waals surface area contributed by atoms with E-state index in [9.17, 15) is 0 Å². The highest BCUT2D eigenvalue weighted by Crippen LogP contribution is 2.29. The summed E-state index contributed by atoms with van der Waals surface area (Å²) in [6.07, 6.45) is 2.22. The van der Waals surface area contributed by atoms with Crippen LogP contribution in [0.3, 0.4) is 0 Å². The molecule has 0 aliphatic heterocycles. The molecule has 0 amide bonds. The first kappa shape index (κ1) is 10.6. The zero-order chi connectivity index (χ0) is 10.7. The predicted octanol–water partition coefficient (Wildman–Crippen LogP) is 3.14. The smallest absolute Gasteiger partial charge is 0.0966 e. The second-order valence-electron chi connectivity index (χ2n) is 3.85. The van der Waals surface area contributed by atoms with Gasteiger partial charge in [0, 0.05) is 5.92 Å². The summed E-state index contributed by atoms with van der Waals surface area (Å²) >= 11 is 1.80. The van der Waals surface area contributed by atoms with Gasteiger partial charge in [0.05, 0.1) is 15.2 Å². The van der Waals surface area contributed by atoms with Crippen LogP contribution in [-0.4, -0.2) is 11.5 Å². The molecule has 2 rings (SSSR count). The van der Waals surface area contributed by atoms with Crippen LogP contribution in [0.25, 0.3) is 10.2 Å². The normalized spacial score (nSPS) is 13.2. The topological polar surface area (TPSA) is 38.9 Å². The molecule has 80 valence electrons. The molecule has 0 spiro atoms. The van der Waals surface area contributed by atoms with Gasteiger partial charge in [0.25, 0.3) is 0 Å². The van der Waals surface area contributed by atoms with E-state index in [1.54, 1.807) is 11.3 Å². The van der Waals surface area contributed by atoms with Crippen molar-refractivity contribution in [3.63, 3.8) is 0 Å². The molecule has 0 saturated heterocycles. The average molecular weight is 220 g/mol. The summed E-state index contributed by atoms with van der Waals surface area (Å²) < 4.78 is 1.28. The quantitative estimate of drug-likeness (QED) is 0.859. The number of fused-ring (bicyclic) bond motifs is 1. The standard InChI is InChI=1S/C12H16N2S/c1-9(5-4-8-13)12-14-10-6-2-3-7-11(10)15-12/h2-3,6-7,9H,4-5,8,13H2,1H3. The van der Waals surface area contributed by atoms with Crippen LogP contribution in [0.5, 0.6) is 0 Å². The van der Waals surface area contributed by atoms with Gasteiger partial charge in [-0.3, -0.25) is 0 Å². The molecule has 1 atom stereocenters. The minimum absolute atomic E-state index is 0.533. The van der Waals surface area contributed by atoms with Gasteiger partial charge < -0.3 is 5.73 Å². The Morgan fingerprint density at radius 2 is 2.20 bits per heavy atom. The Balaban J connectivity index is 2.20. The van der Waals surface area contributed by atoms with Crippen LogP contribution in [-0.2, 0) is 0 Å². The molecular weight excluding hydrogens is 204 g/mol. The van der Waals surface area contributed by atoms with Crippen molar-refractivity contribution in [2.45, 2.75) is 25.7 Å². The third kappa shape index (κ3) is 2.36. The largest absolute Gasteiger partial charge is 0.330 e. The van der Waals surface area contributed by atoms with Crippen molar-refractivity contribution >= 4 is 21.6 Å². The van der Waals surface area contributed by atoms with E-state index in [2.05, 4.69) is 30.1 Å². The Morgan fingerprint density at radius 1 is 1.40 bits per heavy atom. The minimum Gasteiger partial charge on any atom is -0.330 e. The number of nitrogens with two attached hydrogens (primary N) is 1.